The lowest BCUT2D eigenvalue weighted by Crippen LogP contribution is -2.40. The highest BCUT2D eigenvalue weighted by Gasteiger charge is 2.18. The van der Waals surface area contributed by atoms with E-state index in [9.17, 15) is 0 Å². The number of nitrogens with two attached hydrogens (primary N) is 1. The molecule has 0 saturated carbocycles. The molecular weight excluding hydrogens is 210 g/mol. The molecule has 0 radical (unpaired) electrons. The highest BCUT2D eigenvalue weighted by atomic mass is 15.2. The van der Waals surface area contributed by atoms with Crippen LogP contribution in [0.25, 0.3) is 0 Å². The predicted molar refractivity (Wildman–Crippen MR) is 72.4 cm³/mol. The van der Waals surface area contributed by atoms with Crippen molar-refractivity contribution in [2.45, 2.75) is 45.1 Å². The Morgan fingerprint density at radius 2 is 1.88 bits per heavy atom. The van der Waals surface area contributed by atoms with Gasteiger partial charge in [0.2, 0.25) is 0 Å². The molecule has 3 nitrogen and oxygen atoms in total. The molecule has 1 aliphatic rings. The maximum Gasteiger partial charge on any atom is 0.128 e. The fourth-order valence-electron chi connectivity index (χ4n) is 2.15. The molecule has 0 unspecified atom stereocenters. The van der Waals surface area contributed by atoms with Gasteiger partial charge in [0.1, 0.15) is 5.82 Å². The number of aromatic nitrogens is 1. The standard InChI is InChI=1S/C14H23N3/c1-14(2,3)11-4-5-13(16-10-11)17-8-6-12(15)7-9-17/h4-5,10,12H,6-9,15H2,1-3H3. The zero-order chi connectivity index (χ0) is 12.5. The van der Waals surface area contributed by atoms with E-state index < -0.39 is 0 Å². The third-order valence-corrected chi connectivity index (χ3v) is 3.48. The van der Waals surface area contributed by atoms with E-state index in [1.165, 1.54) is 5.56 Å². The topological polar surface area (TPSA) is 42.1 Å². The van der Waals surface area contributed by atoms with Crippen LogP contribution in [0, 0.1) is 0 Å². The summed E-state index contributed by atoms with van der Waals surface area (Å²) in [4.78, 5) is 6.91. The second kappa shape index (κ2) is 4.65. The molecule has 1 aromatic rings. The zero-order valence-corrected chi connectivity index (χ0v) is 11.1. The van der Waals surface area contributed by atoms with Crippen LogP contribution in [-0.4, -0.2) is 24.1 Å². The van der Waals surface area contributed by atoms with Crippen LogP contribution in [0.5, 0.6) is 0 Å². The summed E-state index contributed by atoms with van der Waals surface area (Å²) in [6.07, 6.45) is 4.15. The van der Waals surface area contributed by atoms with Crippen LogP contribution >= 0.6 is 0 Å². The van der Waals surface area contributed by atoms with Gasteiger partial charge in [-0.3, -0.25) is 0 Å². The highest BCUT2D eigenvalue weighted by Crippen LogP contribution is 2.24. The first kappa shape index (κ1) is 12.4. The van der Waals surface area contributed by atoms with Gasteiger partial charge in [-0.1, -0.05) is 26.8 Å². The van der Waals surface area contributed by atoms with Gasteiger partial charge in [-0.15, -0.1) is 0 Å². The lowest BCUT2D eigenvalue weighted by Gasteiger charge is -2.31. The summed E-state index contributed by atoms with van der Waals surface area (Å²) in [5, 5.41) is 0. The third kappa shape index (κ3) is 2.97. The predicted octanol–water partition coefficient (Wildman–Crippen LogP) is 2.31. The Balaban J connectivity index is 2.08. The molecule has 2 N–H and O–H groups in total. The summed E-state index contributed by atoms with van der Waals surface area (Å²) >= 11 is 0. The van der Waals surface area contributed by atoms with Crippen molar-refractivity contribution >= 4 is 5.82 Å². The zero-order valence-electron chi connectivity index (χ0n) is 11.1. The molecule has 1 saturated heterocycles. The quantitative estimate of drug-likeness (QED) is 0.809. The average molecular weight is 233 g/mol. The van der Waals surface area contributed by atoms with Crippen LogP contribution in [0.1, 0.15) is 39.2 Å². The molecule has 3 heteroatoms. The lowest BCUT2D eigenvalue weighted by molar-refractivity contribution is 0.498. The van der Waals surface area contributed by atoms with Crippen LogP contribution < -0.4 is 10.6 Å². The van der Waals surface area contributed by atoms with E-state index in [2.05, 4.69) is 42.8 Å². The van der Waals surface area contributed by atoms with Gasteiger partial charge >= 0.3 is 0 Å². The second-order valence-corrected chi connectivity index (χ2v) is 5.98. The Morgan fingerprint density at radius 3 is 2.35 bits per heavy atom. The molecule has 1 fully saturated rings. The van der Waals surface area contributed by atoms with Crippen LogP contribution in [0.15, 0.2) is 18.3 Å². The van der Waals surface area contributed by atoms with E-state index in [0.29, 0.717) is 6.04 Å². The monoisotopic (exact) mass is 233 g/mol. The number of anilines is 1. The van der Waals surface area contributed by atoms with Crippen molar-refractivity contribution in [3.8, 4) is 0 Å². The molecule has 2 rings (SSSR count). The van der Waals surface area contributed by atoms with Gasteiger partial charge in [-0.25, -0.2) is 4.98 Å². The molecular formula is C14H23N3. The number of hydrogen-bond donors (Lipinski definition) is 1. The molecule has 0 aliphatic carbocycles. The smallest absolute Gasteiger partial charge is 0.128 e. The van der Waals surface area contributed by atoms with Gasteiger partial charge in [-0.05, 0) is 29.9 Å². The maximum absolute atomic E-state index is 5.91. The second-order valence-electron chi connectivity index (χ2n) is 5.98. The number of pyridine rings is 1. The van der Waals surface area contributed by atoms with E-state index in [1.807, 2.05) is 6.20 Å². The maximum atomic E-state index is 5.91. The van der Waals surface area contributed by atoms with Crippen molar-refractivity contribution in [3.05, 3.63) is 23.9 Å². The van der Waals surface area contributed by atoms with Gasteiger partial charge in [0, 0.05) is 25.3 Å². The van der Waals surface area contributed by atoms with Crippen LogP contribution in [0.4, 0.5) is 5.82 Å². The minimum absolute atomic E-state index is 0.176. The Labute approximate surface area is 104 Å². The Hall–Kier alpha value is -1.09. The largest absolute Gasteiger partial charge is 0.357 e. The lowest BCUT2D eigenvalue weighted by atomic mass is 9.88. The molecule has 2 heterocycles. The molecule has 1 aliphatic heterocycles. The number of nitrogens with zero attached hydrogens (tertiary/aromatic N) is 2. The molecule has 0 amide bonds. The molecule has 17 heavy (non-hydrogen) atoms. The molecule has 0 aromatic carbocycles. The van der Waals surface area contributed by atoms with Crippen LogP contribution in [0.2, 0.25) is 0 Å². The summed E-state index contributed by atoms with van der Waals surface area (Å²) in [5.41, 5.74) is 7.37. The van der Waals surface area contributed by atoms with Crippen molar-refractivity contribution < 1.29 is 0 Å². The first-order valence-corrected chi connectivity index (χ1v) is 6.44. The summed E-state index contributed by atoms with van der Waals surface area (Å²) in [6, 6.07) is 4.70. The van der Waals surface area contributed by atoms with Crippen molar-refractivity contribution in [1.82, 2.24) is 4.98 Å². The van der Waals surface area contributed by atoms with Gasteiger partial charge in [0.25, 0.3) is 0 Å². The SMILES string of the molecule is CC(C)(C)c1ccc(N2CCC(N)CC2)nc1. The molecule has 0 bridgehead atoms. The van der Waals surface area contributed by atoms with Gasteiger partial charge in [-0.2, -0.15) is 0 Å². The Morgan fingerprint density at radius 1 is 1.24 bits per heavy atom. The molecule has 94 valence electrons. The average Bonchev–Trinajstić information content (AvgIpc) is 2.29. The first-order chi connectivity index (χ1) is 7.97. The number of piperidine rings is 1. The van der Waals surface area contributed by atoms with E-state index in [1.54, 1.807) is 0 Å². The van der Waals surface area contributed by atoms with E-state index in [-0.39, 0.29) is 5.41 Å². The van der Waals surface area contributed by atoms with E-state index >= 15 is 0 Å². The van der Waals surface area contributed by atoms with E-state index in [4.69, 9.17) is 5.73 Å². The summed E-state index contributed by atoms with van der Waals surface area (Å²) in [6.45, 7) is 8.70. The first-order valence-electron chi connectivity index (χ1n) is 6.44. The molecule has 0 atom stereocenters. The summed E-state index contributed by atoms with van der Waals surface area (Å²) < 4.78 is 0. The highest BCUT2D eigenvalue weighted by molar-refractivity contribution is 5.40. The Kier molecular flexibility index (Phi) is 3.38. The van der Waals surface area contributed by atoms with Crippen molar-refractivity contribution in [2.24, 2.45) is 5.73 Å². The van der Waals surface area contributed by atoms with E-state index in [0.717, 1.165) is 31.7 Å². The summed E-state index contributed by atoms with van der Waals surface area (Å²) in [5.74, 6) is 1.09. The minimum Gasteiger partial charge on any atom is -0.357 e. The molecule has 1 aromatic heterocycles. The summed E-state index contributed by atoms with van der Waals surface area (Å²) in [7, 11) is 0. The fraction of sp³-hybridized carbons (Fsp3) is 0.643. The van der Waals surface area contributed by atoms with Crippen molar-refractivity contribution in [3.63, 3.8) is 0 Å². The number of rotatable bonds is 1. The van der Waals surface area contributed by atoms with Gasteiger partial charge < -0.3 is 10.6 Å². The fourth-order valence-corrected chi connectivity index (χ4v) is 2.15. The minimum atomic E-state index is 0.176. The van der Waals surface area contributed by atoms with Crippen molar-refractivity contribution in [1.29, 1.82) is 0 Å². The van der Waals surface area contributed by atoms with Crippen LogP contribution in [-0.2, 0) is 5.41 Å². The van der Waals surface area contributed by atoms with Gasteiger partial charge in [0.05, 0.1) is 0 Å². The van der Waals surface area contributed by atoms with Crippen molar-refractivity contribution in [2.75, 3.05) is 18.0 Å². The molecule has 0 spiro atoms. The normalized spacial score (nSPS) is 18.5. The third-order valence-electron chi connectivity index (χ3n) is 3.48. The number of hydrogen-bond acceptors (Lipinski definition) is 3. The Bertz CT molecular complexity index is 356. The van der Waals surface area contributed by atoms with Gasteiger partial charge in [0.15, 0.2) is 0 Å². The van der Waals surface area contributed by atoms with Crippen LogP contribution in [0.3, 0.4) is 0 Å².